The number of aryl methyl sites for hydroxylation is 2. The fourth-order valence-electron chi connectivity index (χ4n) is 2.15. The van der Waals surface area contributed by atoms with Crippen LogP contribution in [0.1, 0.15) is 33.9 Å². The topological polar surface area (TPSA) is 74.2 Å². The van der Waals surface area contributed by atoms with E-state index < -0.39 is 0 Å². The number of carbonyl (C=O) groups excluding carboxylic acids is 1. The summed E-state index contributed by atoms with van der Waals surface area (Å²) in [6.45, 7) is 3.47. The largest absolute Gasteiger partial charge is 0.396 e. The molecule has 0 saturated heterocycles. The maximum Gasteiger partial charge on any atom is 0.251 e. The molecule has 2 rings (SSSR count). The molecule has 2 aromatic rings. The van der Waals surface area contributed by atoms with Crippen molar-refractivity contribution in [1.29, 1.82) is 0 Å². The highest BCUT2D eigenvalue weighted by Crippen LogP contribution is 2.12. The van der Waals surface area contributed by atoms with Crippen LogP contribution in [0.25, 0.3) is 0 Å². The summed E-state index contributed by atoms with van der Waals surface area (Å²) in [5.74, 6) is -0.107. The predicted molar refractivity (Wildman–Crippen MR) is 94.1 cm³/mol. The van der Waals surface area contributed by atoms with E-state index in [1.54, 1.807) is 23.5 Å². The zero-order valence-corrected chi connectivity index (χ0v) is 14.2. The van der Waals surface area contributed by atoms with Gasteiger partial charge in [0.15, 0.2) is 0 Å². The Morgan fingerprint density at radius 3 is 2.65 bits per heavy atom. The molecular weight excluding hydrogens is 310 g/mol. The van der Waals surface area contributed by atoms with Crippen molar-refractivity contribution in [2.75, 3.05) is 25.0 Å². The van der Waals surface area contributed by atoms with Gasteiger partial charge in [-0.2, -0.15) is 0 Å². The standard InChI is InChI=1S/C17H23N3O2S/c1-13-20-16(12-23-13)4-2-9-18-15-7-5-14(6-8-15)17(22)19-10-3-11-21/h5-8,12,18,21H,2-4,9-11H2,1H3,(H,19,22). The lowest BCUT2D eigenvalue weighted by atomic mass is 10.2. The second kappa shape index (κ2) is 9.27. The summed E-state index contributed by atoms with van der Waals surface area (Å²) in [5, 5.41) is 18.0. The van der Waals surface area contributed by atoms with Crippen LogP contribution < -0.4 is 10.6 Å². The minimum atomic E-state index is -0.107. The fraction of sp³-hybridized carbons (Fsp3) is 0.412. The summed E-state index contributed by atoms with van der Waals surface area (Å²) >= 11 is 1.69. The summed E-state index contributed by atoms with van der Waals surface area (Å²) in [7, 11) is 0. The molecule has 0 fully saturated rings. The molecule has 1 amide bonds. The smallest absolute Gasteiger partial charge is 0.251 e. The van der Waals surface area contributed by atoms with Crippen LogP contribution in [0.4, 0.5) is 5.69 Å². The number of hydrogen-bond acceptors (Lipinski definition) is 5. The maximum absolute atomic E-state index is 11.8. The Kier molecular flexibility index (Phi) is 7.03. The Morgan fingerprint density at radius 2 is 2.00 bits per heavy atom. The van der Waals surface area contributed by atoms with Crippen LogP contribution in [0.3, 0.4) is 0 Å². The molecule has 0 aliphatic carbocycles. The molecule has 6 heteroatoms. The number of aliphatic hydroxyl groups excluding tert-OH is 1. The second-order valence-corrected chi connectivity index (χ2v) is 6.36. The molecule has 0 radical (unpaired) electrons. The van der Waals surface area contributed by atoms with Gasteiger partial charge in [0, 0.05) is 36.3 Å². The minimum Gasteiger partial charge on any atom is -0.396 e. The average Bonchev–Trinajstić information content (AvgIpc) is 2.98. The number of nitrogens with zero attached hydrogens (tertiary/aromatic N) is 1. The monoisotopic (exact) mass is 333 g/mol. The molecule has 1 aromatic carbocycles. The molecular formula is C17H23N3O2S. The van der Waals surface area contributed by atoms with Gasteiger partial charge in [-0.3, -0.25) is 4.79 Å². The SMILES string of the molecule is Cc1nc(CCCNc2ccc(C(=O)NCCCO)cc2)cs1. The van der Waals surface area contributed by atoms with Crippen LogP contribution in [0.2, 0.25) is 0 Å². The van der Waals surface area contributed by atoms with Gasteiger partial charge < -0.3 is 15.7 Å². The highest BCUT2D eigenvalue weighted by Gasteiger charge is 2.04. The first-order chi connectivity index (χ1) is 11.2. The van der Waals surface area contributed by atoms with Gasteiger partial charge in [0.25, 0.3) is 5.91 Å². The van der Waals surface area contributed by atoms with E-state index in [2.05, 4.69) is 21.0 Å². The number of carbonyl (C=O) groups is 1. The minimum absolute atomic E-state index is 0.0869. The summed E-state index contributed by atoms with van der Waals surface area (Å²) in [5.41, 5.74) is 2.79. The number of amides is 1. The van der Waals surface area contributed by atoms with Gasteiger partial charge in [-0.15, -0.1) is 11.3 Å². The number of nitrogens with one attached hydrogen (secondary N) is 2. The Bertz CT molecular complexity index is 611. The van der Waals surface area contributed by atoms with Crippen molar-refractivity contribution in [2.45, 2.75) is 26.2 Å². The van der Waals surface area contributed by atoms with Crippen LogP contribution in [0, 0.1) is 6.92 Å². The third kappa shape index (κ3) is 6.00. The van der Waals surface area contributed by atoms with E-state index >= 15 is 0 Å². The van der Waals surface area contributed by atoms with Gasteiger partial charge in [-0.05, 0) is 50.5 Å². The molecule has 0 aliphatic heterocycles. The Labute approximate surface area is 140 Å². The molecule has 0 bridgehead atoms. The van der Waals surface area contributed by atoms with Crippen LogP contribution >= 0.6 is 11.3 Å². The van der Waals surface area contributed by atoms with E-state index in [0.717, 1.165) is 35.8 Å². The maximum atomic E-state index is 11.8. The highest BCUT2D eigenvalue weighted by atomic mass is 32.1. The number of aliphatic hydroxyl groups is 1. The van der Waals surface area contributed by atoms with Gasteiger partial charge in [0.2, 0.25) is 0 Å². The summed E-state index contributed by atoms with van der Waals surface area (Å²) in [4.78, 5) is 16.3. The number of anilines is 1. The lowest BCUT2D eigenvalue weighted by molar-refractivity contribution is 0.0951. The third-order valence-electron chi connectivity index (χ3n) is 3.37. The number of benzene rings is 1. The first-order valence-electron chi connectivity index (χ1n) is 7.83. The Morgan fingerprint density at radius 1 is 1.22 bits per heavy atom. The van der Waals surface area contributed by atoms with Gasteiger partial charge in [0.1, 0.15) is 0 Å². The zero-order chi connectivity index (χ0) is 16.5. The quantitative estimate of drug-likeness (QED) is 0.617. The average molecular weight is 333 g/mol. The molecule has 0 aliphatic rings. The van der Waals surface area contributed by atoms with Crippen LogP contribution in [-0.2, 0) is 6.42 Å². The van der Waals surface area contributed by atoms with E-state index in [4.69, 9.17) is 5.11 Å². The van der Waals surface area contributed by atoms with Crippen molar-refractivity contribution in [3.63, 3.8) is 0 Å². The third-order valence-corrected chi connectivity index (χ3v) is 4.20. The van der Waals surface area contributed by atoms with Gasteiger partial charge in [-0.1, -0.05) is 0 Å². The van der Waals surface area contributed by atoms with E-state index in [9.17, 15) is 4.79 Å². The molecule has 0 atom stereocenters. The molecule has 23 heavy (non-hydrogen) atoms. The van der Waals surface area contributed by atoms with Crippen molar-refractivity contribution in [3.8, 4) is 0 Å². The van der Waals surface area contributed by atoms with E-state index in [1.807, 2.05) is 19.1 Å². The number of rotatable bonds is 9. The van der Waals surface area contributed by atoms with Crippen molar-refractivity contribution in [3.05, 3.63) is 45.9 Å². The number of hydrogen-bond donors (Lipinski definition) is 3. The predicted octanol–water partition coefficient (Wildman–Crippen LogP) is 2.61. The lowest BCUT2D eigenvalue weighted by Crippen LogP contribution is -2.24. The highest BCUT2D eigenvalue weighted by molar-refractivity contribution is 7.09. The molecule has 0 saturated carbocycles. The summed E-state index contributed by atoms with van der Waals surface area (Å²) < 4.78 is 0. The first-order valence-corrected chi connectivity index (χ1v) is 8.71. The normalized spacial score (nSPS) is 10.5. The molecule has 1 heterocycles. The molecule has 1 aromatic heterocycles. The van der Waals surface area contributed by atoms with E-state index in [-0.39, 0.29) is 12.5 Å². The molecule has 3 N–H and O–H groups in total. The lowest BCUT2D eigenvalue weighted by Gasteiger charge is -2.08. The molecule has 5 nitrogen and oxygen atoms in total. The number of thiazole rings is 1. The van der Waals surface area contributed by atoms with Crippen molar-refractivity contribution in [1.82, 2.24) is 10.3 Å². The van der Waals surface area contributed by atoms with E-state index in [0.29, 0.717) is 18.5 Å². The zero-order valence-electron chi connectivity index (χ0n) is 13.3. The van der Waals surface area contributed by atoms with Gasteiger partial charge in [-0.25, -0.2) is 4.98 Å². The van der Waals surface area contributed by atoms with Crippen LogP contribution in [-0.4, -0.2) is 35.7 Å². The van der Waals surface area contributed by atoms with Crippen LogP contribution in [0.5, 0.6) is 0 Å². The second-order valence-electron chi connectivity index (χ2n) is 5.30. The molecule has 0 spiro atoms. The summed E-state index contributed by atoms with van der Waals surface area (Å²) in [6, 6.07) is 7.43. The van der Waals surface area contributed by atoms with Crippen LogP contribution in [0.15, 0.2) is 29.6 Å². The van der Waals surface area contributed by atoms with Crippen molar-refractivity contribution in [2.24, 2.45) is 0 Å². The summed E-state index contributed by atoms with van der Waals surface area (Å²) in [6.07, 6.45) is 2.57. The van der Waals surface area contributed by atoms with Gasteiger partial charge in [0.05, 0.1) is 10.7 Å². The van der Waals surface area contributed by atoms with Crippen molar-refractivity contribution < 1.29 is 9.90 Å². The van der Waals surface area contributed by atoms with Crippen molar-refractivity contribution >= 4 is 22.9 Å². The Balaban J connectivity index is 1.71. The number of aromatic nitrogens is 1. The van der Waals surface area contributed by atoms with E-state index in [1.165, 1.54) is 0 Å². The first kappa shape index (κ1) is 17.4. The molecule has 124 valence electrons. The van der Waals surface area contributed by atoms with Gasteiger partial charge >= 0.3 is 0 Å². The molecule has 0 unspecified atom stereocenters. The fourth-order valence-corrected chi connectivity index (χ4v) is 2.79. The Hall–Kier alpha value is -1.92.